The van der Waals surface area contributed by atoms with Gasteiger partial charge in [0, 0.05) is 30.6 Å². The second-order valence-corrected chi connectivity index (χ2v) is 8.85. The number of methoxy groups -OCH3 is 2. The average molecular weight is 561 g/mol. The number of hydrogen-bond acceptors (Lipinski definition) is 9. The molecule has 15 heteroatoms. The molecule has 3 heterocycles. The van der Waals surface area contributed by atoms with Crippen LogP contribution in [0.1, 0.15) is 18.1 Å². The van der Waals surface area contributed by atoms with Crippen LogP contribution in [-0.4, -0.2) is 50.9 Å². The van der Waals surface area contributed by atoms with E-state index in [4.69, 9.17) is 18.7 Å². The predicted molar refractivity (Wildman–Crippen MR) is 135 cm³/mol. The van der Waals surface area contributed by atoms with Gasteiger partial charge in [0.25, 0.3) is 5.91 Å². The van der Waals surface area contributed by atoms with Crippen LogP contribution in [-0.2, 0) is 28.9 Å². The molecule has 0 saturated heterocycles. The van der Waals surface area contributed by atoms with E-state index < -0.39 is 23.5 Å². The highest BCUT2D eigenvalue weighted by Crippen LogP contribution is 2.37. The molecule has 0 bridgehead atoms. The van der Waals surface area contributed by atoms with E-state index in [-0.39, 0.29) is 52.2 Å². The van der Waals surface area contributed by atoms with Crippen molar-refractivity contribution in [3.8, 4) is 29.2 Å². The fourth-order valence-electron chi connectivity index (χ4n) is 3.58. The first kappa shape index (κ1) is 27.3. The molecule has 2 N–H and O–H groups in total. The molecule has 0 aliphatic heterocycles. The van der Waals surface area contributed by atoms with Gasteiger partial charge in [-0.3, -0.25) is 14.2 Å². The van der Waals surface area contributed by atoms with Crippen LogP contribution in [0.25, 0.3) is 11.0 Å². The van der Waals surface area contributed by atoms with Crippen LogP contribution in [0, 0.1) is 11.8 Å². The molecule has 4 rings (SSSR count). The standard InChI is InChI=1S/C24H22F2N6O6S/c1-4-5-19(33)28-10-15-11-29-32(13-15)12-14-8-17(37-24(25)26)20-18(9-14)38-30-22(20)31-39(34)21-16(35-2)6-7-27-23(21)36-3/h6-9,11,13,24H,10,12H2,1-3H3,(H,28,33)(H,30,31). The summed E-state index contributed by atoms with van der Waals surface area (Å²) >= 11 is 0. The van der Waals surface area contributed by atoms with E-state index in [2.05, 4.69) is 37.1 Å². The summed E-state index contributed by atoms with van der Waals surface area (Å²) in [5.41, 5.74) is 1.32. The van der Waals surface area contributed by atoms with Crippen LogP contribution in [0.15, 0.2) is 46.2 Å². The fraction of sp³-hybridized carbons (Fsp3) is 0.250. The smallest absolute Gasteiger partial charge is 0.387 e. The number of benzene rings is 1. The SMILES string of the molecule is CC#CC(=O)NCc1cnn(Cc2cc(OC(F)F)c3c(NS(=O)c4c(OC)ccnc4OC)noc3c2)c1. The van der Waals surface area contributed by atoms with Crippen LogP contribution < -0.4 is 24.2 Å². The number of carbonyl (C=O) groups excluding carboxylic acids is 1. The maximum Gasteiger partial charge on any atom is 0.387 e. The van der Waals surface area contributed by atoms with Gasteiger partial charge in [0.2, 0.25) is 5.88 Å². The monoisotopic (exact) mass is 560 g/mol. The van der Waals surface area contributed by atoms with Crippen LogP contribution >= 0.6 is 0 Å². The first-order valence-electron chi connectivity index (χ1n) is 11.2. The largest absolute Gasteiger partial charge is 0.495 e. The van der Waals surface area contributed by atoms with E-state index in [1.165, 1.54) is 32.5 Å². The lowest BCUT2D eigenvalue weighted by Crippen LogP contribution is -2.20. The molecule has 1 atom stereocenters. The van der Waals surface area contributed by atoms with Gasteiger partial charge in [0.05, 0.1) is 27.0 Å². The second kappa shape index (κ2) is 12.2. The van der Waals surface area contributed by atoms with Crippen molar-refractivity contribution in [1.29, 1.82) is 0 Å². The number of alkyl halides is 2. The van der Waals surface area contributed by atoms with Crippen molar-refractivity contribution in [2.45, 2.75) is 31.5 Å². The number of pyridine rings is 1. The van der Waals surface area contributed by atoms with Crippen LogP contribution in [0.3, 0.4) is 0 Å². The van der Waals surface area contributed by atoms with Gasteiger partial charge in [-0.2, -0.15) is 13.9 Å². The first-order valence-corrected chi connectivity index (χ1v) is 12.3. The van der Waals surface area contributed by atoms with Gasteiger partial charge in [-0.05, 0) is 30.5 Å². The summed E-state index contributed by atoms with van der Waals surface area (Å²) in [6.45, 7) is -1.21. The van der Waals surface area contributed by atoms with E-state index in [1.807, 2.05) is 0 Å². The number of anilines is 1. The highest BCUT2D eigenvalue weighted by atomic mass is 32.2. The molecular formula is C24H22F2N6O6S. The van der Waals surface area contributed by atoms with Crippen LogP contribution in [0.2, 0.25) is 0 Å². The molecule has 4 aromatic rings. The lowest BCUT2D eigenvalue weighted by molar-refractivity contribution is -0.115. The minimum atomic E-state index is -3.15. The van der Waals surface area contributed by atoms with Gasteiger partial charge in [-0.15, -0.1) is 0 Å². The number of aromatic nitrogens is 4. The Kier molecular flexibility index (Phi) is 8.56. The second-order valence-electron chi connectivity index (χ2n) is 7.70. The molecule has 12 nitrogen and oxygen atoms in total. The normalized spacial score (nSPS) is 11.5. The molecule has 39 heavy (non-hydrogen) atoms. The molecule has 3 aromatic heterocycles. The minimum Gasteiger partial charge on any atom is -0.495 e. The fourth-order valence-corrected chi connectivity index (χ4v) is 4.62. The quantitative estimate of drug-likeness (QED) is 0.265. The Labute approximate surface area is 223 Å². The molecule has 0 spiro atoms. The lowest BCUT2D eigenvalue weighted by atomic mass is 10.1. The summed E-state index contributed by atoms with van der Waals surface area (Å²) in [7, 11) is 0.702. The molecule has 0 aliphatic rings. The lowest BCUT2D eigenvalue weighted by Gasteiger charge is -2.12. The highest BCUT2D eigenvalue weighted by molar-refractivity contribution is 7.86. The summed E-state index contributed by atoms with van der Waals surface area (Å²) in [4.78, 5) is 15.6. The Morgan fingerprint density at radius 2 is 2.05 bits per heavy atom. The Bertz CT molecular complexity index is 1560. The Hall–Kier alpha value is -4.71. The predicted octanol–water partition coefficient (Wildman–Crippen LogP) is 2.86. The van der Waals surface area contributed by atoms with E-state index in [9.17, 15) is 17.8 Å². The topological polar surface area (TPSA) is 143 Å². The van der Waals surface area contributed by atoms with Gasteiger partial charge in [-0.25, -0.2) is 9.19 Å². The van der Waals surface area contributed by atoms with E-state index in [0.29, 0.717) is 11.1 Å². The zero-order valence-electron chi connectivity index (χ0n) is 20.9. The number of ether oxygens (including phenoxy) is 3. The number of carbonyl (C=O) groups is 1. The third-order valence-corrected chi connectivity index (χ3v) is 6.29. The summed E-state index contributed by atoms with van der Waals surface area (Å²) in [6, 6.07) is 4.44. The third kappa shape index (κ3) is 6.41. The molecule has 0 radical (unpaired) electrons. The summed E-state index contributed by atoms with van der Waals surface area (Å²) in [5, 5.41) is 10.8. The number of amides is 1. The number of nitrogens with zero attached hydrogens (tertiary/aromatic N) is 4. The van der Waals surface area contributed by atoms with Crippen molar-refractivity contribution in [2.24, 2.45) is 0 Å². The van der Waals surface area contributed by atoms with Crippen LogP contribution in [0.4, 0.5) is 14.6 Å². The van der Waals surface area contributed by atoms with Crippen molar-refractivity contribution < 1.29 is 36.5 Å². The summed E-state index contributed by atoms with van der Waals surface area (Å²) in [5.74, 6) is 4.38. The molecule has 1 amide bonds. The zero-order valence-corrected chi connectivity index (χ0v) is 21.7. The molecule has 204 valence electrons. The van der Waals surface area contributed by atoms with E-state index >= 15 is 0 Å². The number of hydrogen-bond donors (Lipinski definition) is 2. The maximum absolute atomic E-state index is 13.3. The van der Waals surface area contributed by atoms with Gasteiger partial charge >= 0.3 is 6.61 Å². The zero-order chi connectivity index (χ0) is 27.9. The first-order chi connectivity index (χ1) is 18.8. The van der Waals surface area contributed by atoms with Gasteiger partial charge in [0.1, 0.15) is 16.9 Å². The van der Waals surface area contributed by atoms with Gasteiger partial charge < -0.3 is 24.1 Å². The Morgan fingerprint density at radius 3 is 2.77 bits per heavy atom. The minimum absolute atomic E-state index is 0.0378. The Morgan fingerprint density at radius 1 is 1.23 bits per heavy atom. The molecule has 0 saturated carbocycles. The van der Waals surface area contributed by atoms with Crippen molar-refractivity contribution in [1.82, 2.24) is 25.2 Å². The van der Waals surface area contributed by atoms with Gasteiger partial charge in [-0.1, -0.05) is 11.1 Å². The summed E-state index contributed by atoms with van der Waals surface area (Å²) in [6.07, 6.45) is 4.66. The summed E-state index contributed by atoms with van der Waals surface area (Å²) < 4.78 is 64.5. The van der Waals surface area contributed by atoms with Crippen LogP contribution in [0.5, 0.6) is 17.4 Å². The third-order valence-electron chi connectivity index (χ3n) is 5.16. The molecule has 0 aliphatic carbocycles. The number of rotatable bonds is 11. The highest BCUT2D eigenvalue weighted by Gasteiger charge is 2.24. The van der Waals surface area contributed by atoms with Gasteiger partial charge in [0.15, 0.2) is 27.3 Å². The average Bonchev–Trinajstić information content (AvgIpc) is 3.53. The van der Waals surface area contributed by atoms with Crippen molar-refractivity contribution in [3.63, 3.8) is 0 Å². The molecular weight excluding hydrogens is 538 g/mol. The van der Waals surface area contributed by atoms with Crippen molar-refractivity contribution in [2.75, 3.05) is 18.9 Å². The number of halogens is 2. The maximum atomic E-state index is 13.3. The van der Waals surface area contributed by atoms with E-state index in [0.717, 1.165) is 0 Å². The molecule has 0 fully saturated rings. The number of fused-ring (bicyclic) bond motifs is 1. The number of nitrogens with one attached hydrogen (secondary N) is 2. The van der Waals surface area contributed by atoms with Crippen molar-refractivity contribution >= 4 is 33.7 Å². The van der Waals surface area contributed by atoms with Crippen molar-refractivity contribution in [3.05, 3.63) is 47.9 Å². The molecule has 1 aromatic carbocycles. The van der Waals surface area contributed by atoms with E-state index in [1.54, 1.807) is 30.1 Å². The molecule has 1 unspecified atom stereocenters. The Balaban J connectivity index is 1.61.